The molecule has 0 spiro atoms. The molecule has 0 bridgehead atoms. The van der Waals surface area contributed by atoms with E-state index in [4.69, 9.17) is 4.42 Å². The van der Waals surface area contributed by atoms with Gasteiger partial charge in [0.2, 0.25) is 11.8 Å². The second kappa shape index (κ2) is 5.45. The molecule has 2 aliphatic rings. The first kappa shape index (κ1) is 15.1. The van der Waals surface area contributed by atoms with E-state index >= 15 is 0 Å². The number of aryl methyl sites for hydroxylation is 1. The van der Waals surface area contributed by atoms with Crippen LogP contribution in [0.25, 0.3) is 0 Å². The first-order valence-electron chi connectivity index (χ1n) is 8.00. The van der Waals surface area contributed by atoms with E-state index in [2.05, 4.69) is 19.2 Å². The van der Waals surface area contributed by atoms with Crippen molar-refractivity contribution in [3.63, 3.8) is 0 Å². The Kier molecular flexibility index (Phi) is 3.75. The number of fused-ring (bicyclic) bond motifs is 1. The Hall–Kier alpha value is -1.78. The first-order valence-corrected chi connectivity index (χ1v) is 8.00. The lowest BCUT2D eigenvalue weighted by Crippen LogP contribution is -2.42. The molecular weight excluding hydrogens is 280 g/mol. The minimum Gasteiger partial charge on any atom is -0.466 e. The zero-order valence-electron chi connectivity index (χ0n) is 13.6. The highest BCUT2D eigenvalue weighted by Gasteiger charge is 2.36. The Labute approximate surface area is 131 Å². The number of hydrogen-bond donors (Lipinski definition) is 1. The third-order valence-corrected chi connectivity index (χ3v) is 4.58. The Bertz CT molecular complexity index is 603. The van der Waals surface area contributed by atoms with Gasteiger partial charge in [-0.3, -0.25) is 9.59 Å². The van der Waals surface area contributed by atoms with Gasteiger partial charge in [0.15, 0.2) is 0 Å². The number of rotatable bonds is 3. The van der Waals surface area contributed by atoms with Gasteiger partial charge >= 0.3 is 0 Å². The topological polar surface area (TPSA) is 62.6 Å². The number of furan rings is 1. The number of carbonyl (C=O) groups is 2. The fourth-order valence-electron chi connectivity index (χ4n) is 3.60. The summed E-state index contributed by atoms with van der Waals surface area (Å²) in [6, 6.07) is 2.00. The highest BCUT2D eigenvalue weighted by Crippen LogP contribution is 2.41. The summed E-state index contributed by atoms with van der Waals surface area (Å²) in [5, 5.41) is 3.10. The molecule has 0 radical (unpaired) electrons. The Morgan fingerprint density at radius 1 is 1.50 bits per heavy atom. The van der Waals surface area contributed by atoms with Gasteiger partial charge in [-0.25, -0.2) is 0 Å². The molecule has 1 fully saturated rings. The number of likely N-dealkylation sites (tertiary alicyclic amines) is 1. The lowest BCUT2D eigenvalue weighted by molar-refractivity contribution is -0.133. The molecule has 5 heteroatoms. The van der Waals surface area contributed by atoms with Crippen LogP contribution in [-0.4, -0.2) is 29.8 Å². The third kappa shape index (κ3) is 3.03. The summed E-state index contributed by atoms with van der Waals surface area (Å²) in [6.07, 6.45) is 3.20. The van der Waals surface area contributed by atoms with Crippen LogP contribution >= 0.6 is 0 Å². The van der Waals surface area contributed by atoms with Crippen LogP contribution in [0.1, 0.15) is 56.2 Å². The maximum Gasteiger partial charge on any atom is 0.240 e. The third-order valence-electron chi connectivity index (χ3n) is 4.58. The maximum atomic E-state index is 12.3. The van der Waals surface area contributed by atoms with Gasteiger partial charge in [0.1, 0.15) is 11.5 Å². The van der Waals surface area contributed by atoms with E-state index in [1.807, 2.05) is 13.0 Å². The molecule has 0 unspecified atom stereocenters. The normalized spacial score (nSPS) is 23.5. The van der Waals surface area contributed by atoms with E-state index in [0.29, 0.717) is 13.0 Å². The largest absolute Gasteiger partial charge is 0.466 e. The number of carbonyl (C=O) groups excluding carboxylic acids is 2. The van der Waals surface area contributed by atoms with E-state index in [1.165, 1.54) is 0 Å². The molecule has 1 aromatic heterocycles. The highest BCUT2D eigenvalue weighted by atomic mass is 16.3. The van der Waals surface area contributed by atoms with Crippen molar-refractivity contribution in [3.05, 3.63) is 23.2 Å². The molecule has 1 atom stereocenters. The second-order valence-electron chi connectivity index (χ2n) is 7.32. The van der Waals surface area contributed by atoms with Crippen LogP contribution < -0.4 is 5.32 Å². The SMILES string of the molecule is Cc1cc2c(o1)CC(C)(C)C[C@@H]2NC(=O)CN1CCCC1=O. The summed E-state index contributed by atoms with van der Waals surface area (Å²) < 4.78 is 5.79. The average Bonchev–Trinajstić information content (AvgIpc) is 2.94. The molecule has 1 aromatic rings. The van der Waals surface area contributed by atoms with Crippen molar-refractivity contribution in [2.45, 2.75) is 52.5 Å². The van der Waals surface area contributed by atoms with Gasteiger partial charge < -0.3 is 14.6 Å². The van der Waals surface area contributed by atoms with Crippen LogP contribution in [0.15, 0.2) is 10.5 Å². The van der Waals surface area contributed by atoms with Crippen LogP contribution in [0.2, 0.25) is 0 Å². The Morgan fingerprint density at radius 2 is 2.27 bits per heavy atom. The molecule has 0 saturated carbocycles. The van der Waals surface area contributed by atoms with Crippen molar-refractivity contribution in [1.82, 2.24) is 10.2 Å². The Morgan fingerprint density at radius 3 is 2.95 bits per heavy atom. The fraction of sp³-hybridized carbons (Fsp3) is 0.647. The van der Waals surface area contributed by atoms with Crippen LogP contribution in [0.5, 0.6) is 0 Å². The smallest absolute Gasteiger partial charge is 0.240 e. The zero-order chi connectivity index (χ0) is 15.9. The average molecular weight is 304 g/mol. The molecule has 0 aromatic carbocycles. The molecule has 1 aliphatic heterocycles. The molecule has 22 heavy (non-hydrogen) atoms. The Balaban J connectivity index is 1.71. The van der Waals surface area contributed by atoms with Crippen molar-refractivity contribution in [1.29, 1.82) is 0 Å². The minimum atomic E-state index is -0.0808. The summed E-state index contributed by atoms with van der Waals surface area (Å²) in [7, 11) is 0. The lowest BCUT2D eigenvalue weighted by atomic mass is 9.74. The molecule has 3 rings (SSSR count). The zero-order valence-corrected chi connectivity index (χ0v) is 13.6. The van der Waals surface area contributed by atoms with Crippen LogP contribution in [-0.2, 0) is 16.0 Å². The molecular formula is C17H24N2O3. The lowest BCUT2D eigenvalue weighted by Gasteiger charge is -2.35. The van der Waals surface area contributed by atoms with Crippen molar-refractivity contribution in [3.8, 4) is 0 Å². The number of nitrogens with zero attached hydrogens (tertiary/aromatic N) is 1. The molecule has 120 valence electrons. The van der Waals surface area contributed by atoms with Gasteiger partial charge in [-0.15, -0.1) is 0 Å². The van der Waals surface area contributed by atoms with Crippen molar-refractivity contribution >= 4 is 11.8 Å². The molecule has 1 N–H and O–H groups in total. The second-order valence-corrected chi connectivity index (χ2v) is 7.32. The summed E-state index contributed by atoms with van der Waals surface area (Å²) in [6.45, 7) is 7.18. The van der Waals surface area contributed by atoms with E-state index in [9.17, 15) is 9.59 Å². The molecule has 2 amide bonds. The van der Waals surface area contributed by atoms with Crippen molar-refractivity contribution < 1.29 is 14.0 Å². The first-order chi connectivity index (χ1) is 10.3. The van der Waals surface area contributed by atoms with E-state index in [-0.39, 0.29) is 29.8 Å². The predicted octanol–water partition coefficient (Wildman–Crippen LogP) is 2.34. The van der Waals surface area contributed by atoms with Crippen LogP contribution in [0.4, 0.5) is 0 Å². The number of amides is 2. The van der Waals surface area contributed by atoms with Gasteiger partial charge in [0.25, 0.3) is 0 Å². The van der Waals surface area contributed by atoms with Gasteiger partial charge in [-0.1, -0.05) is 13.8 Å². The molecule has 1 saturated heterocycles. The molecule has 5 nitrogen and oxygen atoms in total. The molecule has 2 heterocycles. The van der Waals surface area contributed by atoms with Gasteiger partial charge in [0, 0.05) is 24.9 Å². The summed E-state index contributed by atoms with van der Waals surface area (Å²) in [4.78, 5) is 25.6. The van der Waals surface area contributed by atoms with Crippen LogP contribution in [0, 0.1) is 12.3 Å². The number of hydrogen-bond acceptors (Lipinski definition) is 3. The van der Waals surface area contributed by atoms with Gasteiger partial charge in [0.05, 0.1) is 12.6 Å². The predicted molar refractivity (Wildman–Crippen MR) is 82.2 cm³/mol. The van der Waals surface area contributed by atoms with Gasteiger partial charge in [-0.2, -0.15) is 0 Å². The van der Waals surface area contributed by atoms with Crippen molar-refractivity contribution in [2.75, 3.05) is 13.1 Å². The standard InChI is InChI=1S/C17H24N2O3/c1-11-7-12-13(8-17(2,3)9-14(12)22-11)18-15(20)10-19-6-4-5-16(19)21/h7,13H,4-6,8-10H2,1-3H3,(H,18,20)/t13-/m0/s1. The quantitative estimate of drug-likeness (QED) is 0.932. The van der Waals surface area contributed by atoms with Crippen molar-refractivity contribution in [2.24, 2.45) is 5.41 Å². The van der Waals surface area contributed by atoms with E-state index in [0.717, 1.165) is 36.3 Å². The number of nitrogens with one attached hydrogen (secondary N) is 1. The minimum absolute atomic E-state index is 0.0265. The summed E-state index contributed by atoms with van der Waals surface area (Å²) in [5.41, 5.74) is 1.19. The highest BCUT2D eigenvalue weighted by molar-refractivity contribution is 5.86. The maximum absolute atomic E-state index is 12.3. The fourth-order valence-corrected chi connectivity index (χ4v) is 3.60. The van der Waals surface area contributed by atoms with Gasteiger partial charge in [-0.05, 0) is 31.2 Å². The summed E-state index contributed by atoms with van der Waals surface area (Å²) >= 11 is 0. The monoisotopic (exact) mass is 304 g/mol. The van der Waals surface area contributed by atoms with E-state index in [1.54, 1.807) is 4.90 Å². The van der Waals surface area contributed by atoms with Crippen LogP contribution in [0.3, 0.4) is 0 Å². The summed E-state index contributed by atoms with van der Waals surface area (Å²) in [5.74, 6) is 1.87. The molecule has 1 aliphatic carbocycles. The van der Waals surface area contributed by atoms with E-state index < -0.39 is 0 Å².